The van der Waals surface area contributed by atoms with Crippen LogP contribution in [-0.2, 0) is 4.79 Å². The Bertz CT molecular complexity index is 371. The standard InChI is InChI=1S/C11H12ClNO2/c1-7(12)11(15)13-10-5-3-9(4-6-10)8(2)14/h3-7H,1-2H3,(H,13,15)/t7-/m1/s1. The first kappa shape index (κ1) is 11.7. The summed E-state index contributed by atoms with van der Waals surface area (Å²) in [5, 5.41) is 2.05. The van der Waals surface area contributed by atoms with Crippen molar-refractivity contribution in [3.8, 4) is 0 Å². The molecule has 0 aliphatic rings. The van der Waals surface area contributed by atoms with Gasteiger partial charge in [0, 0.05) is 11.3 Å². The molecular formula is C11H12ClNO2. The maximum Gasteiger partial charge on any atom is 0.242 e. The van der Waals surface area contributed by atoms with Crippen molar-refractivity contribution in [3.63, 3.8) is 0 Å². The van der Waals surface area contributed by atoms with Gasteiger partial charge in [0.15, 0.2) is 5.78 Å². The number of halogens is 1. The second-order valence-electron chi connectivity index (χ2n) is 3.24. The summed E-state index contributed by atoms with van der Waals surface area (Å²) in [6, 6.07) is 6.68. The molecule has 1 amide bonds. The molecule has 0 unspecified atom stereocenters. The number of benzene rings is 1. The number of amides is 1. The number of ketones is 1. The van der Waals surface area contributed by atoms with Gasteiger partial charge >= 0.3 is 0 Å². The molecule has 3 nitrogen and oxygen atoms in total. The van der Waals surface area contributed by atoms with Crippen LogP contribution in [0.2, 0.25) is 0 Å². The second kappa shape index (κ2) is 4.94. The van der Waals surface area contributed by atoms with Gasteiger partial charge in [-0.15, -0.1) is 11.6 Å². The summed E-state index contributed by atoms with van der Waals surface area (Å²) in [4.78, 5) is 22.2. The largest absolute Gasteiger partial charge is 0.325 e. The molecule has 0 saturated heterocycles. The number of hydrogen-bond donors (Lipinski definition) is 1. The fraction of sp³-hybridized carbons (Fsp3) is 0.273. The van der Waals surface area contributed by atoms with E-state index in [-0.39, 0.29) is 11.7 Å². The molecule has 1 aromatic carbocycles. The smallest absolute Gasteiger partial charge is 0.242 e. The number of carbonyl (C=O) groups is 2. The predicted octanol–water partition coefficient (Wildman–Crippen LogP) is 2.46. The Hall–Kier alpha value is -1.35. The number of hydrogen-bond acceptors (Lipinski definition) is 2. The predicted molar refractivity (Wildman–Crippen MR) is 60.4 cm³/mol. The van der Waals surface area contributed by atoms with Crippen molar-refractivity contribution in [1.29, 1.82) is 0 Å². The molecule has 15 heavy (non-hydrogen) atoms. The van der Waals surface area contributed by atoms with E-state index in [2.05, 4.69) is 5.32 Å². The lowest BCUT2D eigenvalue weighted by atomic mass is 10.1. The summed E-state index contributed by atoms with van der Waals surface area (Å²) in [6.45, 7) is 3.09. The highest BCUT2D eigenvalue weighted by molar-refractivity contribution is 6.32. The lowest BCUT2D eigenvalue weighted by Crippen LogP contribution is -2.20. The number of anilines is 1. The Labute approximate surface area is 93.4 Å². The summed E-state index contributed by atoms with van der Waals surface area (Å²) in [6.07, 6.45) is 0. The highest BCUT2D eigenvalue weighted by Crippen LogP contribution is 2.11. The average Bonchev–Trinajstić information content (AvgIpc) is 2.18. The fourth-order valence-electron chi connectivity index (χ4n) is 1.03. The minimum Gasteiger partial charge on any atom is -0.325 e. The maximum absolute atomic E-state index is 11.2. The molecule has 0 aliphatic carbocycles. The average molecular weight is 226 g/mol. The van der Waals surface area contributed by atoms with Crippen molar-refractivity contribution in [2.24, 2.45) is 0 Å². The number of nitrogens with one attached hydrogen (secondary N) is 1. The Morgan fingerprint density at radius 1 is 1.27 bits per heavy atom. The second-order valence-corrected chi connectivity index (χ2v) is 3.89. The Morgan fingerprint density at radius 2 is 1.80 bits per heavy atom. The van der Waals surface area contributed by atoms with Crippen LogP contribution in [0.5, 0.6) is 0 Å². The van der Waals surface area contributed by atoms with Crippen LogP contribution in [0.1, 0.15) is 24.2 Å². The molecule has 4 heteroatoms. The van der Waals surface area contributed by atoms with E-state index in [0.717, 1.165) is 0 Å². The zero-order valence-electron chi connectivity index (χ0n) is 8.58. The van der Waals surface area contributed by atoms with Crippen LogP contribution in [0.4, 0.5) is 5.69 Å². The van der Waals surface area contributed by atoms with Crippen LogP contribution in [0.3, 0.4) is 0 Å². The van der Waals surface area contributed by atoms with Crippen LogP contribution < -0.4 is 5.32 Å². The van der Waals surface area contributed by atoms with E-state index in [1.165, 1.54) is 6.92 Å². The third-order valence-electron chi connectivity index (χ3n) is 1.92. The van der Waals surface area contributed by atoms with E-state index in [1.807, 2.05) is 0 Å². The van der Waals surface area contributed by atoms with Gasteiger partial charge in [0.2, 0.25) is 5.91 Å². The first-order valence-electron chi connectivity index (χ1n) is 4.56. The molecule has 0 radical (unpaired) electrons. The van der Waals surface area contributed by atoms with Gasteiger partial charge < -0.3 is 5.32 Å². The quantitative estimate of drug-likeness (QED) is 0.635. The lowest BCUT2D eigenvalue weighted by Gasteiger charge is -2.06. The van der Waals surface area contributed by atoms with Crippen LogP contribution in [0.25, 0.3) is 0 Å². The highest BCUT2D eigenvalue weighted by Gasteiger charge is 2.08. The van der Waals surface area contributed by atoms with E-state index in [1.54, 1.807) is 31.2 Å². The fourth-order valence-corrected chi connectivity index (χ4v) is 1.08. The van der Waals surface area contributed by atoms with Crippen molar-refractivity contribution in [3.05, 3.63) is 29.8 Å². The van der Waals surface area contributed by atoms with E-state index in [0.29, 0.717) is 11.3 Å². The van der Waals surface area contributed by atoms with Crippen molar-refractivity contribution >= 4 is 29.0 Å². The molecule has 0 spiro atoms. The topological polar surface area (TPSA) is 46.2 Å². The molecule has 0 saturated carbocycles. The van der Waals surface area contributed by atoms with Crippen LogP contribution in [-0.4, -0.2) is 17.1 Å². The molecule has 0 aliphatic heterocycles. The highest BCUT2D eigenvalue weighted by atomic mass is 35.5. The van der Waals surface area contributed by atoms with Crippen LogP contribution in [0.15, 0.2) is 24.3 Å². The zero-order valence-corrected chi connectivity index (χ0v) is 9.34. The molecule has 80 valence electrons. The monoisotopic (exact) mass is 225 g/mol. The van der Waals surface area contributed by atoms with Gasteiger partial charge in [0.1, 0.15) is 5.38 Å². The molecule has 1 N–H and O–H groups in total. The van der Waals surface area contributed by atoms with E-state index in [9.17, 15) is 9.59 Å². The van der Waals surface area contributed by atoms with E-state index >= 15 is 0 Å². The molecule has 0 bridgehead atoms. The summed E-state index contributed by atoms with van der Waals surface area (Å²) < 4.78 is 0. The van der Waals surface area contributed by atoms with E-state index in [4.69, 9.17) is 11.6 Å². The van der Waals surface area contributed by atoms with Crippen molar-refractivity contribution < 1.29 is 9.59 Å². The molecule has 0 fully saturated rings. The summed E-state index contributed by atoms with van der Waals surface area (Å²) >= 11 is 5.59. The molecule has 0 aromatic heterocycles. The van der Waals surface area contributed by atoms with Crippen molar-refractivity contribution in [2.75, 3.05) is 5.32 Å². The molecule has 1 atom stereocenters. The van der Waals surface area contributed by atoms with E-state index < -0.39 is 5.38 Å². The third-order valence-corrected chi connectivity index (χ3v) is 2.12. The number of alkyl halides is 1. The lowest BCUT2D eigenvalue weighted by molar-refractivity contribution is -0.115. The maximum atomic E-state index is 11.2. The number of rotatable bonds is 3. The third kappa shape index (κ3) is 3.36. The molecule has 1 rings (SSSR count). The summed E-state index contributed by atoms with van der Waals surface area (Å²) in [5.41, 5.74) is 1.25. The van der Waals surface area contributed by atoms with Gasteiger partial charge in [-0.1, -0.05) is 0 Å². The van der Waals surface area contributed by atoms with Gasteiger partial charge in [-0.2, -0.15) is 0 Å². The molecular weight excluding hydrogens is 214 g/mol. The number of carbonyl (C=O) groups excluding carboxylic acids is 2. The van der Waals surface area contributed by atoms with Gasteiger partial charge in [-0.3, -0.25) is 9.59 Å². The molecule has 0 heterocycles. The Morgan fingerprint density at radius 3 is 2.20 bits per heavy atom. The van der Waals surface area contributed by atoms with Crippen LogP contribution >= 0.6 is 11.6 Å². The van der Waals surface area contributed by atoms with Gasteiger partial charge in [0.25, 0.3) is 0 Å². The zero-order chi connectivity index (χ0) is 11.4. The van der Waals surface area contributed by atoms with Gasteiger partial charge in [-0.05, 0) is 38.1 Å². The normalized spacial score (nSPS) is 11.9. The summed E-state index contributed by atoms with van der Waals surface area (Å²) in [7, 11) is 0. The van der Waals surface area contributed by atoms with Gasteiger partial charge in [0.05, 0.1) is 0 Å². The first-order chi connectivity index (χ1) is 7.00. The van der Waals surface area contributed by atoms with Crippen LogP contribution in [0, 0.1) is 0 Å². The minimum absolute atomic E-state index is 0.00131. The first-order valence-corrected chi connectivity index (χ1v) is 5.00. The van der Waals surface area contributed by atoms with Crippen molar-refractivity contribution in [1.82, 2.24) is 0 Å². The van der Waals surface area contributed by atoms with Gasteiger partial charge in [-0.25, -0.2) is 0 Å². The van der Waals surface area contributed by atoms with Crippen molar-refractivity contribution in [2.45, 2.75) is 19.2 Å². The number of Topliss-reactive ketones (excluding diaryl/α,β-unsaturated/α-hetero) is 1. The molecule has 1 aromatic rings. The minimum atomic E-state index is -0.572. The Balaban J connectivity index is 2.73. The SMILES string of the molecule is CC(=O)c1ccc(NC(=O)[C@@H](C)Cl)cc1. The summed E-state index contributed by atoms with van der Waals surface area (Å²) in [5.74, 6) is -0.258. The Kier molecular flexibility index (Phi) is 3.86.